The Hall–Kier alpha value is -1.63. The Morgan fingerprint density at radius 3 is 2.79 bits per heavy atom. The van der Waals surface area contributed by atoms with Crippen LogP contribution in [-0.2, 0) is 9.53 Å². The lowest BCUT2D eigenvalue weighted by Gasteiger charge is -2.27. The maximum Gasteiger partial charge on any atom is 0.254 e. The summed E-state index contributed by atoms with van der Waals surface area (Å²) in [4.78, 5) is 26.3. The first-order valence-electron chi connectivity index (χ1n) is 8.23. The molecule has 24 heavy (non-hydrogen) atoms. The Labute approximate surface area is 148 Å². The molecule has 1 aromatic rings. The number of benzene rings is 1. The highest BCUT2D eigenvalue weighted by Crippen LogP contribution is 2.15. The molecule has 2 amide bonds. The Bertz CT molecular complexity index is 570. The molecule has 1 atom stereocenters. The Morgan fingerprint density at radius 2 is 2.08 bits per heavy atom. The van der Waals surface area contributed by atoms with Gasteiger partial charge in [0.05, 0.1) is 13.2 Å². The monoisotopic (exact) mass is 353 g/mol. The lowest BCUT2D eigenvalue weighted by Crippen LogP contribution is -2.40. The minimum absolute atomic E-state index is 0. The van der Waals surface area contributed by atoms with Crippen molar-refractivity contribution in [3.63, 3.8) is 0 Å². The van der Waals surface area contributed by atoms with E-state index in [0.29, 0.717) is 44.0 Å². The summed E-state index contributed by atoms with van der Waals surface area (Å²) >= 11 is 0. The molecule has 1 aromatic carbocycles. The highest BCUT2D eigenvalue weighted by Gasteiger charge is 2.20. The first-order chi connectivity index (χ1) is 11.2. The van der Waals surface area contributed by atoms with E-state index in [0.717, 1.165) is 19.4 Å². The van der Waals surface area contributed by atoms with Crippen LogP contribution in [-0.4, -0.2) is 55.6 Å². The highest BCUT2D eigenvalue weighted by atomic mass is 35.5. The van der Waals surface area contributed by atoms with Crippen LogP contribution in [0.15, 0.2) is 24.3 Å². The predicted molar refractivity (Wildman–Crippen MR) is 94.7 cm³/mol. The van der Waals surface area contributed by atoms with E-state index >= 15 is 0 Å². The van der Waals surface area contributed by atoms with Crippen molar-refractivity contribution in [1.82, 2.24) is 10.2 Å². The van der Waals surface area contributed by atoms with E-state index in [2.05, 4.69) is 10.6 Å². The van der Waals surface area contributed by atoms with Gasteiger partial charge >= 0.3 is 0 Å². The zero-order valence-corrected chi connectivity index (χ0v) is 14.4. The molecular formula is C17H24ClN3O3. The van der Waals surface area contributed by atoms with Crippen LogP contribution < -0.4 is 10.6 Å². The minimum Gasteiger partial charge on any atom is -0.378 e. The van der Waals surface area contributed by atoms with Crippen LogP contribution in [0.2, 0.25) is 0 Å². The average molecular weight is 354 g/mol. The van der Waals surface area contributed by atoms with Crippen molar-refractivity contribution >= 4 is 29.9 Å². The number of carbonyl (C=O) groups is 2. The Kier molecular flexibility index (Phi) is 7.02. The van der Waals surface area contributed by atoms with Gasteiger partial charge in [0.15, 0.2) is 0 Å². The van der Waals surface area contributed by atoms with Gasteiger partial charge in [-0.25, -0.2) is 0 Å². The smallest absolute Gasteiger partial charge is 0.254 e. The number of halogens is 1. The number of morpholine rings is 1. The van der Waals surface area contributed by atoms with Crippen molar-refractivity contribution in [3.05, 3.63) is 29.8 Å². The van der Waals surface area contributed by atoms with Crippen molar-refractivity contribution in [3.8, 4) is 0 Å². The van der Waals surface area contributed by atoms with Gasteiger partial charge in [0, 0.05) is 36.8 Å². The third kappa shape index (κ3) is 4.93. The molecule has 2 saturated heterocycles. The number of rotatable bonds is 4. The SMILES string of the molecule is Cl.O=C(CC1CCCN1)Nc1cccc(C(=O)N2CCOCC2)c1. The molecule has 3 rings (SSSR count). The van der Waals surface area contributed by atoms with E-state index in [9.17, 15) is 9.59 Å². The molecule has 0 bridgehead atoms. The van der Waals surface area contributed by atoms with Crippen LogP contribution in [0.4, 0.5) is 5.69 Å². The molecular weight excluding hydrogens is 330 g/mol. The van der Waals surface area contributed by atoms with Crippen LogP contribution in [0.25, 0.3) is 0 Å². The van der Waals surface area contributed by atoms with E-state index in [1.807, 2.05) is 6.07 Å². The highest BCUT2D eigenvalue weighted by molar-refractivity contribution is 5.97. The molecule has 0 saturated carbocycles. The third-order valence-corrected chi connectivity index (χ3v) is 4.29. The van der Waals surface area contributed by atoms with Crippen LogP contribution >= 0.6 is 12.4 Å². The van der Waals surface area contributed by atoms with Crippen molar-refractivity contribution in [2.24, 2.45) is 0 Å². The van der Waals surface area contributed by atoms with E-state index < -0.39 is 0 Å². The second-order valence-corrected chi connectivity index (χ2v) is 6.03. The van der Waals surface area contributed by atoms with Gasteiger partial charge in [0.1, 0.15) is 0 Å². The number of nitrogens with zero attached hydrogens (tertiary/aromatic N) is 1. The minimum atomic E-state index is -0.0135. The number of amides is 2. The maximum atomic E-state index is 12.5. The number of nitrogens with one attached hydrogen (secondary N) is 2. The lowest BCUT2D eigenvalue weighted by molar-refractivity contribution is -0.116. The fraction of sp³-hybridized carbons (Fsp3) is 0.529. The molecule has 132 valence electrons. The number of hydrogen-bond acceptors (Lipinski definition) is 4. The molecule has 1 unspecified atom stereocenters. The number of hydrogen-bond donors (Lipinski definition) is 2. The molecule has 2 aliphatic heterocycles. The van der Waals surface area contributed by atoms with Gasteiger partial charge in [-0.3, -0.25) is 9.59 Å². The summed E-state index contributed by atoms with van der Waals surface area (Å²) in [6.07, 6.45) is 2.64. The van der Waals surface area contributed by atoms with Crippen molar-refractivity contribution in [2.75, 3.05) is 38.2 Å². The number of anilines is 1. The van der Waals surface area contributed by atoms with Gasteiger partial charge in [-0.1, -0.05) is 6.07 Å². The van der Waals surface area contributed by atoms with Gasteiger partial charge in [-0.15, -0.1) is 12.4 Å². The van der Waals surface area contributed by atoms with Crippen molar-refractivity contribution in [1.29, 1.82) is 0 Å². The van der Waals surface area contributed by atoms with E-state index in [1.165, 1.54) is 0 Å². The second-order valence-electron chi connectivity index (χ2n) is 6.03. The zero-order chi connectivity index (χ0) is 16.1. The molecule has 0 radical (unpaired) electrons. The molecule has 2 N–H and O–H groups in total. The van der Waals surface area contributed by atoms with E-state index in [-0.39, 0.29) is 30.3 Å². The zero-order valence-electron chi connectivity index (χ0n) is 13.6. The topological polar surface area (TPSA) is 70.7 Å². The third-order valence-electron chi connectivity index (χ3n) is 4.29. The second kappa shape index (κ2) is 9.01. The van der Waals surface area contributed by atoms with Crippen LogP contribution in [0, 0.1) is 0 Å². The predicted octanol–water partition coefficient (Wildman–Crippen LogP) is 1.66. The number of ether oxygens (including phenoxy) is 1. The van der Waals surface area contributed by atoms with Gasteiger partial charge in [0.25, 0.3) is 5.91 Å². The van der Waals surface area contributed by atoms with Gasteiger partial charge in [-0.05, 0) is 37.6 Å². The van der Waals surface area contributed by atoms with E-state index in [1.54, 1.807) is 23.1 Å². The van der Waals surface area contributed by atoms with Gasteiger partial charge < -0.3 is 20.3 Å². The largest absolute Gasteiger partial charge is 0.378 e. The molecule has 2 aliphatic rings. The Morgan fingerprint density at radius 1 is 1.29 bits per heavy atom. The fourth-order valence-electron chi connectivity index (χ4n) is 3.05. The molecule has 0 spiro atoms. The summed E-state index contributed by atoms with van der Waals surface area (Å²) < 4.78 is 5.27. The van der Waals surface area contributed by atoms with Crippen LogP contribution in [0.3, 0.4) is 0 Å². The number of carbonyl (C=O) groups excluding carboxylic acids is 2. The van der Waals surface area contributed by atoms with E-state index in [4.69, 9.17) is 4.74 Å². The van der Waals surface area contributed by atoms with Gasteiger partial charge in [-0.2, -0.15) is 0 Å². The van der Waals surface area contributed by atoms with Crippen molar-refractivity contribution in [2.45, 2.75) is 25.3 Å². The first kappa shape index (κ1) is 18.7. The standard InChI is InChI=1S/C17H23N3O3.ClH/c21-16(12-14-5-2-6-18-14)19-15-4-1-3-13(11-15)17(22)20-7-9-23-10-8-20;/h1,3-4,11,14,18H,2,5-10,12H2,(H,19,21);1H. The molecule has 2 heterocycles. The van der Waals surface area contributed by atoms with Crippen LogP contribution in [0.1, 0.15) is 29.6 Å². The lowest BCUT2D eigenvalue weighted by atomic mass is 10.1. The first-order valence-corrected chi connectivity index (χ1v) is 8.23. The quantitative estimate of drug-likeness (QED) is 0.863. The maximum absolute atomic E-state index is 12.5. The molecule has 2 fully saturated rings. The molecule has 0 aromatic heterocycles. The summed E-state index contributed by atoms with van der Waals surface area (Å²) in [5.41, 5.74) is 1.27. The molecule has 6 nitrogen and oxygen atoms in total. The summed E-state index contributed by atoms with van der Waals surface area (Å²) in [6.45, 7) is 3.38. The summed E-state index contributed by atoms with van der Waals surface area (Å²) in [5, 5.41) is 6.21. The Balaban J connectivity index is 0.00000208. The summed E-state index contributed by atoms with van der Waals surface area (Å²) in [6, 6.07) is 7.42. The molecule has 7 heteroatoms. The van der Waals surface area contributed by atoms with Gasteiger partial charge in [0.2, 0.25) is 5.91 Å². The summed E-state index contributed by atoms with van der Waals surface area (Å²) in [5.74, 6) is -0.0257. The molecule has 0 aliphatic carbocycles. The summed E-state index contributed by atoms with van der Waals surface area (Å²) in [7, 11) is 0. The average Bonchev–Trinajstić information content (AvgIpc) is 3.08. The van der Waals surface area contributed by atoms with Crippen LogP contribution in [0.5, 0.6) is 0 Å². The fourth-order valence-corrected chi connectivity index (χ4v) is 3.05. The van der Waals surface area contributed by atoms with Crippen molar-refractivity contribution < 1.29 is 14.3 Å². The normalized spacial score (nSPS) is 20.3.